The maximum absolute atomic E-state index is 13.1. The fourth-order valence-electron chi connectivity index (χ4n) is 3.98. The van der Waals surface area contributed by atoms with Crippen LogP contribution in [0.1, 0.15) is 85.3 Å². The highest BCUT2D eigenvalue weighted by molar-refractivity contribution is 5.96. The number of aromatic carboxylic acids is 1. The first-order chi connectivity index (χ1) is 16.5. The first kappa shape index (κ1) is 25.1. The number of carboxylic acids is 1. The summed E-state index contributed by atoms with van der Waals surface area (Å²) in [6, 6.07) is 14.4. The molecule has 2 aromatic carbocycles. The number of benzene rings is 2. The number of aryl methyl sites for hydroxylation is 1. The van der Waals surface area contributed by atoms with Crippen LogP contribution in [0, 0.1) is 0 Å². The Labute approximate surface area is 200 Å². The molecule has 3 rings (SSSR count). The van der Waals surface area contributed by atoms with Crippen molar-refractivity contribution >= 4 is 11.9 Å². The van der Waals surface area contributed by atoms with Crippen molar-refractivity contribution in [2.45, 2.75) is 71.8 Å². The van der Waals surface area contributed by atoms with Crippen molar-refractivity contribution in [1.29, 1.82) is 0 Å². The van der Waals surface area contributed by atoms with E-state index in [1.807, 2.05) is 37.3 Å². The monoisotopic (exact) mass is 463 g/mol. The van der Waals surface area contributed by atoms with Gasteiger partial charge in [-0.1, -0.05) is 82.0 Å². The van der Waals surface area contributed by atoms with Crippen molar-refractivity contribution in [1.82, 2.24) is 14.3 Å². The summed E-state index contributed by atoms with van der Waals surface area (Å²) in [5.74, 6) is -0.605. The second-order valence-electron chi connectivity index (χ2n) is 8.55. The van der Waals surface area contributed by atoms with Crippen molar-refractivity contribution in [3.05, 3.63) is 76.0 Å². The molecule has 0 saturated heterocycles. The predicted molar refractivity (Wildman–Crippen MR) is 132 cm³/mol. The van der Waals surface area contributed by atoms with E-state index >= 15 is 0 Å². The van der Waals surface area contributed by atoms with Gasteiger partial charge in [-0.15, -0.1) is 9.78 Å². The van der Waals surface area contributed by atoms with Crippen molar-refractivity contribution < 1.29 is 14.7 Å². The molecule has 0 atom stereocenters. The molecule has 0 aliphatic rings. The van der Waals surface area contributed by atoms with E-state index in [-0.39, 0.29) is 11.5 Å². The zero-order chi connectivity index (χ0) is 24.5. The molecule has 7 heteroatoms. The summed E-state index contributed by atoms with van der Waals surface area (Å²) in [5, 5.41) is 13.9. The topological polar surface area (TPSA) is 94.2 Å². The minimum absolute atomic E-state index is 0.243. The highest BCUT2D eigenvalue weighted by Crippen LogP contribution is 2.24. The molecular formula is C27H33N3O4. The average molecular weight is 464 g/mol. The Morgan fingerprint density at radius 3 is 2.29 bits per heavy atom. The third-order valence-electron chi connectivity index (χ3n) is 5.94. The number of rotatable bonds is 12. The third-order valence-corrected chi connectivity index (χ3v) is 5.94. The number of unbranched alkanes of at least 4 members (excludes halogenated alkanes) is 4. The molecule has 0 radical (unpaired) electrons. The van der Waals surface area contributed by atoms with Gasteiger partial charge in [0.2, 0.25) is 0 Å². The number of carboxylic acid groups (broad SMARTS) is 1. The normalized spacial score (nSPS) is 11.0. The second kappa shape index (κ2) is 12.1. The molecule has 0 bridgehead atoms. The Bertz CT molecular complexity index is 1180. The highest BCUT2D eigenvalue weighted by Gasteiger charge is 2.18. The van der Waals surface area contributed by atoms with E-state index in [9.17, 15) is 19.5 Å². The molecule has 3 aromatic rings. The molecule has 1 aromatic heterocycles. The first-order valence-electron chi connectivity index (χ1n) is 12.1. The summed E-state index contributed by atoms with van der Waals surface area (Å²) in [5.41, 5.74) is 2.16. The van der Waals surface area contributed by atoms with Gasteiger partial charge in [0.1, 0.15) is 5.82 Å². The first-order valence-corrected chi connectivity index (χ1v) is 12.1. The Hall–Kier alpha value is -3.48. The van der Waals surface area contributed by atoms with Crippen LogP contribution in [0.15, 0.2) is 53.3 Å². The summed E-state index contributed by atoms with van der Waals surface area (Å²) < 4.78 is 2.62. The molecule has 0 aliphatic carbocycles. The van der Waals surface area contributed by atoms with Crippen molar-refractivity contribution in [2.24, 2.45) is 0 Å². The van der Waals surface area contributed by atoms with E-state index in [1.54, 1.807) is 22.8 Å². The Morgan fingerprint density at radius 1 is 0.912 bits per heavy atom. The summed E-state index contributed by atoms with van der Waals surface area (Å²) in [7, 11) is 0. The quantitative estimate of drug-likeness (QED) is 0.362. The van der Waals surface area contributed by atoms with Gasteiger partial charge in [-0.2, -0.15) is 0 Å². The van der Waals surface area contributed by atoms with Gasteiger partial charge < -0.3 is 5.11 Å². The molecule has 7 nitrogen and oxygen atoms in total. The summed E-state index contributed by atoms with van der Waals surface area (Å²) in [6.45, 7) is 4.46. The van der Waals surface area contributed by atoms with Gasteiger partial charge in [0.15, 0.2) is 0 Å². The van der Waals surface area contributed by atoms with Gasteiger partial charge in [-0.05, 0) is 35.6 Å². The molecule has 180 valence electrons. The zero-order valence-electron chi connectivity index (χ0n) is 20.0. The molecule has 0 unspecified atom stereocenters. The van der Waals surface area contributed by atoms with Crippen molar-refractivity contribution in [3.8, 4) is 11.1 Å². The van der Waals surface area contributed by atoms with Crippen LogP contribution in [0.3, 0.4) is 0 Å². The molecule has 0 saturated carbocycles. The number of hydrogen-bond acceptors (Lipinski definition) is 4. The van der Waals surface area contributed by atoms with E-state index in [1.165, 1.54) is 0 Å². The minimum atomic E-state index is -0.973. The fourth-order valence-corrected chi connectivity index (χ4v) is 3.98. The molecule has 1 heterocycles. The number of hydrogen-bond donors (Lipinski definition) is 1. The third kappa shape index (κ3) is 6.10. The van der Waals surface area contributed by atoms with Gasteiger partial charge in [0.05, 0.1) is 12.1 Å². The van der Waals surface area contributed by atoms with E-state index in [2.05, 4.69) is 12.0 Å². The molecule has 34 heavy (non-hydrogen) atoms. The minimum Gasteiger partial charge on any atom is -0.478 e. The molecular weight excluding hydrogens is 430 g/mol. The van der Waals surface area contributed by atoms with Gasteiger partial charge in [0.25, 0.3) is 5.91 Å². The molecule has 0 spiro atoms. The lowest BCUT2D eigenvalue weighted by Gasteiger charge is -2.09. The molecule has 0 aliphatic heterocycles. The van der Waals surface area contributed by atoms with Crippen LogP contribution in [-0.4, -0.2) is 31.3 Å². The largest absolute Gasteiger partial charge is 0.478 e. The van der Waals surface area contributed by atoms with E-state index in [0.717, 1.165) is 54.3 Å². The van der Waals surface area contributed by atoms with Crippen molar-refractivity contribution in [2.75, 3.05) is 0 Å². The van der Waals surface area contributed by atoms with Crippen molar-refractivity contribution in [3.63, 3.8) is 0 Å². The lowest BCUT2D eigenvalue weighted by atomic mass is 9.99. The number of carbonyl (C=O) groups excluding carboxylic acids is 1. The zero-order valence-corrected chi connectivity index (χ0v) is 20.0. The highest BCUT2D eigenvalue weighted by atomic mass is 16.4. The van der Waals surface area contributed by atoms with Gasteiger partial charge in [-0.25, -0.2) is 9.59 Å². The van der Waals surface area contributed by atoms with Gasteiger partial charge >= 0.3 is 11.7 Å². The van der Waals surface area contributed by atoms with Crippen LogP contribution >= 0.6 is 0 Å². The Morgan fingerprint density at radius 2 is 1.62 bits per heavy atom. The maximum Gasteiger partial charge on any atom is 0.353 e. The standard InChI is InChI=1S/C27H33N3O4/c1-3-5-7-8-13-24-28-30(25(31)14-6-4-2)27(34)29(24)19-20-15-17-21(18-16-20)22-11-9-10-12-23(22)26(32)33/h9-12,15-18H,3-8,13-14,19H2,1-2H3,(H,32,33). The van der Waals surface area contributed by atoms with E-state index < -0.39 is 11.7 Å². The van der Waals surface area contributed by atoms with Crippen LogP contribution in [0.5, 0.6) is 0 Å². The Balaban J connectivity index is 1.87. The van der Waals surface area contributed by atoms with Crippen LogP contribution in [0.25, 0.3) is 11.1 Å². The van der Waals surface area contributed by atoms with E-state index in [0.29, 0.717) is 30.8 Å². The summed E-state index contributed by atoms with van der Waals surface area (Å²) in [6.07, 6.45) is 6.77. The smallest absolute Gasteiger partial charge is 0.353 e. The SMILES string of the molecule is CCCCCCc1nn(C(=O)CCCC)c(=O)n1Cc1ccc(-c2ccccc2C(=O)O)cc1. The molecule has 0 fully saturated rings. The maximum atomic E-state index is 13.1. The Kier molecular flexibility index (Phi) is 8.96. The van der Waals surface area contributed by atoms with E-state index in [4.69, 9.17) is 0 Å². The fraction of sp³-hybridized carbons (Fsp3) is 0.407. The van der Waals surface area contributed by atoms with Crippen LogP contribution < -0.4 is 5.69 Å². The molecule has 0 amide bonds. The number of aromatic nitrogens is 3. The summed E-state index contributed by atoms with van der Waals surface area (Å²) >= 11 is 0. The van der Waals surface area contributed by atoms with Crippen LogP contribution in [0.4, 0.5) is 0 Å². The van der Waals surface area contributed by atoms with Crippen LogP contribution in [0.2, 0.25) is 0 Å². The van der Waals surface area contributed by atoms with Gasteiger partial charge in [-0.3, -0.25) is 9.36 Å². The average Bonchev–Trinajstić information content (AvgIpc) is 3.16. The predicted octanol–water partition coefficient (Wildman–Crippen LogP) is 5.41. The number of carbonyl (C=O) groups is 2. The summed E-state index contributed by atoms with van der Waals surface area (Å²) in [4.78, 5) is 37.2. The lowest BCUT2D eigenvalue weighted by Crippen LogP contribution is -2.30. The molecule has 1 N–H and O–H groups in total. The second-order valence-corrected chi connectivity index (χ2v) is 8.55. The number of nitrogens with zero attached hydrogens (tertiary/aromatic N) is 3. The van der Waals surface area contributed by atoms with Crippen LogP contribution in [-0.2, 0) is 13.0 Å². The van der Waals surface area contributed by atoms with Gasteiger partial charge in [0, 0.05) is 12.8 Å². The lowest BCUT2D eigenvalue weighted by molar-refractivity contribution is 0.0697.